The van der Waals surface area contributed by atoms with Crippen LogP contribution in [-0.2, 0) is 13.2 Å². The van der Waals surface area contributed by atoms with Crippen LogP contribution in [0.5, 0.6) is 17.2 Å². The zero-order valence-electron chi connectivity index (χ0n) is 17.8. The summed E-state index contributed by atoms with van der Waals surface area (Å²) in [6.07, 6.45) is 4.02. The van der Waals surface area contributed by atoms with E-state index in [0.717, 1.165) is 28.2 Å². The van der Waals surface area contributed by atoms with E-state index < -0.39 is 0 Å². The molecule has 4 rings (SSSR count). The molecule has 0 spiro atoms. The Labute approximate surface area is 182 Å². The third-order valence-electron chi connectivity index (χ3n) is 4.96. The second-order valence-corrected chi connectivity index (χ2v) is 7.03. The Balaban J connectivity index is 1.53. The quantitative estimate of drug-likeness (QED) is 0.351. The number of hydrogen-bond donors (Lipinski definition) is 0. The van der Waals surface area contributed by atoms with Gasteiger partial charge in [0.25, 0.3) is 0 Å². The van der Waals surface area contributed by atoms with Crippen molar-refractivity contribution in [2.24, 2.45) is 0 Å². The molecule has 0 saturated carbocycles. The third-order valence-corrected chi connectivity index (χ3v) is 4.96. The number of allylic oxidation sites excluding steroid dienone is 1. The van der Waals surface area contributed by atoms with Crippen LogP contribution in [0.1, 0.15) is 18.3 Å². The van der Waals surface area contributed by atoms with Gasteiger partial charge in [-0.05, 0) is 48.9 Å². The number of imidazole rings is 1. The van der Waals surface area contributed by atoms with Crippen LogP contribution in [0.2, 0.25) is 0 Å². The summed E-state index contributed by atoms with van der Waals surface area (Å²) in [4.78, 5) is 4.79. The van der Waals surface area contributed by atoms with E-state index in [0.29, 0.717) is 31.3 Å². The molecule has 0 bridgehead atoms. The standard InChI is InChI=1S/C26H26N2O3/c1-3-9-20-14-15-24(25(18-20)29-2)31-19-26-27-22-12-7-8-13-23(22)28(26)16-17-30-21-10-5-4-6-11-21/h3-15,18H,16-17,19H2,1-2H3/b9-3-. The van der Waals surface area contributed by atoms with Crippen LogP contribution in [-0.4, -0.2) is 23.3 Å². The fourth-order valence-electron chi connectivity index (χ4n) is 3.50. The fraction of sp³-hybridized carbons (Fsp3) is 0.192. The maximum absolute atomic E-state index is 6.11. The van der Waals surface area contributed by atoms with E-state index in [4.69, 9.17) is 19.2 Å². The van der Waals surface area contributed by atoms with Crippen molar-refractivity contribution >= 4 is 17.1 Å². The number of rotatable bonds is 9. The van der Waals surface area contributed by atoms with E-state index in [1.165, 1.54) is 0 Å². The van der Waals surface area contributed by atoms with Crippen LogP contribution >= 0.6 is 0 Å². The van der Waals surface area contributed by atoms with Gasteiger partial charge in [0, 0.05) is 0 Å². The zero-order valence-corrected chi connectivity index (χ0v) is 17.8. The summed E-state index contributed by atoms with van der Waals surface area (Å²) in [6, 6.07) is 23.8. The molecule has 1 heterocycles. The highest BCUT2D eigenvalue weighted by Gasteiger charge is 2.13. The molecule has 0 atom stereocenters. The molecule has 0 amide bonds. The number of nitrogens with zero attached hydrogens (tertiary/aromatic N) is 2. The summed E-state index contributed by atoms with van der Waals surface area (Å²) in [7, 11) is 1.65. The van der Waals surface area contributed by atoms with E-state index in [1.54, 1.807) is 7.11 Å². The summed E-state index contributed by atoms with van der Waals surface area (Å²) in [5.74, 6) is 3.09. The second-order valence-electron chi connectivity index (χ2n) is 7.03. The predicted octanol–water partition coefficient (Wildman–Crippen LogP) is 5.74. The lowest BCUT2D eigenvalue weighted by Crippen LogP contribution is -2.13. The van der Waals surface area contributed by atoms with Crippen molar-refractivity contribution in [2.45, 2.75) is 20.1 Å². The minimum absolute atomic E-state index is 0.333. The Morgan fingerprint density at radius 3 is 2.52 bits per heavy atom. The largest absolute Gasteiger partial charge is 0.493 e. The lowest BCUT2D eigenvalue weighted by Gasteiger charge is -2.13. The Morgan fingerprint density at radius 1 is 0.903 bits per heavy atom. The Bertz CT molecular complexity index is 1170. The maximum atomic E-state index is 6.11. The number of benzene rings is 3. The SMILES string of the molecule is C/C=C\c1ccc(OCc2nc3ccccc3n2CCOc2ccccc2)c(OC)c1. The van der Waals surface area contributed by atoms with Crippen molar-refractivity contribution in [1.82, 2.24) is 9.55 Å². The first-order valence-corrected chi connectivity index (χ1v) is 10.3. The molecular weight excluding hydrogens is 388 g/mol. The van der Waals surface area contributed by atoms with Gasteiger partial charge in [-0.1, -0.05) is 48.6 Å². The highest BCUT2D eigenvalue weighted by atomic mass is 16.5. The van der Waals surface area contributed by atoms with Crippen molar-refractivity contribution in [3.8, 4) is 17.2 Å². The number of aromatic nitrogens is 2. The molecule has 1 aromatic heterocycles. The number of fused-ring (bicyclic) bond motifs is 1. The third kappa shape index (κ3) is 4.89. The monoisotopic (exact) mass is 414 g/mol. The van der Waals surface area contributed by atoms with Gasteiger partial charge in [-0.25, -0.2) is 4.98 Å². The van der Waals surface area contributed by atoms with Crippen LogP contribution in [0, 0.1) is 0 Å². The highest BCUT2D eigenvalue weighted by molar-refractivity contribution is 5.75. The van der Waals surface area contributed by atoms with Crippen molar-refractivity contribution in [2.75, 3.05) is 13.7 Å². The smallest absolute Gasteiger partial charge is 0.161 e. The molecule has 4 aromatic rings. The number of hydrogen-bond acceptors (Lipinski definition) is 4. The first kappa shape index (κ1) is 20.5. The van der Waals surface area contributed by atoms with Crippen molar-refractivity contribution in [3.05, 3.63) is 90.3 Å². The topological polar surface area (TPSA) is 45.5 Å². The molecule has 0 unspecified atom stereocenters. The molecule has 158 valence electrons. The van der Waals surface area contributed by atoms with Gasteiger partial charge in [0.15, 0.2) is 11.5 Å². The minimum atomic E-state index is 0.333. The molecule has 5 nitrogen and oxygen atoms in total. The van der Waals surface area contributed by atoms with Gasteiger partial charge in [-0.3, -0.25) is 0 Å². The molecular formula is C26H26N2O3. The van der Waals surface area contributed by atoms with E-state index in [-0.39, 0.29) is 0 Å². The van der Waals surface area contributed by atoms with Crippen molar-refractivity contribution in [3.63, 3.8) is 0 Å². The fourth-order valence-corrected chi connectivity index (χ4v) is 3.50. The molecule has 0 saturated heterocycles. The molecule has 0 aliphatic rings. The average Bonchev–Trinajstić information content (AvgIpc) is 3.16. The molecule has 3 aromatic carbocycles. The highest BCUT2D eigenvalue weighted by Crippen LogP contribution is 2.29. The Hall–Kier alpha value is -3.73. The van der Waals surface area contributed by atoms with Crippen LogP contribution in [0.3, 0.4) is 0 Å². The van der Waals surface area contributed by atoms with Gasteiger partial charge in [0.2, 0.25) is 0 Å². The summed E-state index contributed by atoms with van der Waals surface area (Å²) >= 11 is 0. The first-order valence-electron chi connectivity index (χ1n) is 10.3. The van der Waals surface area contributed by atoms with Gasteiger partial charge in [0.1, 0.15) is 24.8 Å². The summed E-state index contributed by atoms with van der Waals surface area (Å²) in [5, 5.41) is 0. The van der Waals surface area contributed by atoms with Crippen molar-refractivity contribution < 1.29 is 14.2 Å². The summed E-state index contributed by atoms with van der Waals surface area (Å²) in [5.41, 5.74) is 3.07. The minimum Gasteiger partial charge on any atom is -0.493 e. The molecule has 5 heteroatoms. The number of methoxy groups -OCH3 is 1. The van der Waals surface area contributed by atoms with Crippen LogP contribution in [0.15, 0.2) is 78.9 Å². The van der Waals surface area contributed by atoms with E-state index in [9.17, 15) is 0 Å². The summed E-state index contributed by atoms with van der Waals surface area (Å²) in [6.45, 7) is 3.53. The molecule has 0 N–H and O–H groups in total. The molecule has 0 fully saturated rings. The zero-order chi connectivity index (χ0) is 21.5. The van der Waals surface area contributed by atoms with Gasteiger partial charge in [-0.15, -0.1) is 0 Å². The van der Waals surface area contributed by atoms with E-state index in [1.807, 2.05) is 85.8 Å². The van der Waals surface area contributed by atoms with Gasteiger partial charge in [-0.2, -0.15) is 0 Å². The molecule has 0 radical (unpaired) electrons. The Kier molecular flexibility index (Phi) is 6.53. The molecule has 0 aliphatic carbocycles. The van der Waals surface area contributed by atoms with Gasteiger partial charge in [0.05, 0.1) is 24.7 Å². The van der Waals surface area contributed by atoms with Gasteiger partial charge < -0.3 is 18.8 Å². The first-order chi connectivity index (χ1) is 15.3. The van der Waals surface area contributed by atoms with Crippen LogP contribution in [0.25, 0.3) is 17.1 Å². The Morgan fingerprint density at radius 2 is 1.71 bits per heavy atom. The van der Waals surface area contributed by atoms with E-state index >= 15 is 0 Å². The van der Waals surface area contributed by atoms with Gasteiger partial charge >= 0.3 is 0 Å². The number of ether oxygens (including phenoxy) is 3. The predicted molar refractivity (Wildman–Crippen MR) is 124 cm³/mol. The lowest BCUT2D eigenvalue weighted by atomic mass is 10.2. The molecule has 0 aliphatic heterocycles. The lowest BCUT2D eigenvalue weighted by molar-refractivity contribution is 0.262. The van der Waals surface area contributed by atoms with Crippen LogP contribution in [0.4, 0.5) is 0 Å². The summed E-state index contributed by atoms with van der Waals surface area (Å²) < 4.78 is 19.7. The second kappa shape index (κ2) is 9.85. The maximum Gasteiger partial charge on any atom is 0.161 e. The van der Waals surface area contributed by atoms with E-state index in [2.05, 4.69) is 10.6 Å². The molecule has 31 heavy (non-hydrogen) atoms. The van der Waals surface area contributed by atoms with Crippen molar-refractivity contribution in [1.29, 1.82) is 0 Å². The van der Waals surface area contributed by atoms with Crippen LogP contribution < -0.4 is 14.2 Å². The number of para-hydroxylation sites is 3. The average molecular weight is 415 g/mol. The normalized spacial score (nSPS) is 11.2.